The van der Waals surface area contributed by atoms with Crippen LogP contribution in [0.2, 0.25) is 5.02 Å². The summed E-state index contributed by atoms with van der Waals surface area (Å²) in [6.45, 7) is 6.37. The number of Topliss-reactive ketones (excluding diaryl/α,β-unsaturated/α-hetero) is 1. The second kappa shape index (κ2) is 7.81. The predicted octanol–water partition coefficient (Wildman–Crippen LogP) is 6.42. The van der Waals surface area contributed by atoms with Gasteiger partial charge in [-0.05, 0) is 55.2 Å². The van der Waals surface area contributed by atoms with Crippen molar-refractivity contribution in [3.63, 3.8) is 0 Å². The fourth-order valence-electron chi connectivity index (χ4n) is 3.52. The van der Waals surface area contributed by atoms with Crippen molar-refractivity contribution < 1.29 is 14.3 Å². The first-order chi connectivity index (χ1) is 12.5. The van der Waals surface area contributed by atoms with Crippen LogP contribution >= 0.6 is 11.6 Å². The second-order valence-corrected chi connectivity index (χ2v) is 7.28. The van der Waals surface area contributed by atoms with Crippen molar-refractivity contribution in [3.05, 3.63) is 52.5 Å². The monoisotopic (exact) mass is 372 g/mol. The smallest absolute Gasteiger partial charge is 0.210 e. The van der Waals surface area contributed by atoms with Gasteiger partial charge in [0, 0.05) is 24.0 Å². The van der Waals surface area contributed by atoms with Gasteiger partial charge in [-0.3, -0.25) is 4.79 Å². The van der Waals surface area contributed by atoms with Crippen LogP contribution in [0.1, 0.15) is 62.4 Å². The van der Waals surface area contributed by atoms with E-state index in [2.05, 4.69) is 19.9 Å². The molecule has 3 nitrogen and oxygen atoms in total. The molecule has 0 radical (unpaired) electrons. The number of ether oxygens (including phenoxy) is 2. The molecule has 2 aromatic rings. The van der Waals surface area contributed by atoms with E-state index in [1.165, 1.54) is 6.92 Å². The summed E-state index contributed by atoms with van der Waals surface area (Å²) in [5.41, 5.74) is 3.59. The number of carbonyl (C=O) groups is 1. The zero-order valence-electron chi connectivity index (χ0n) is 15.6. The Morgan fingerprint density at radius 1 is 1.08 bits per heavy atom. The van der Waals surface area contributed by atoms with Crippen LogP contribution in [-0.2, 0) is 11.3 Å². The molecule has 0 atom stereocenters. The fourth-order valence-corrected chi connectivity index (χ4v) is 3.84. The normalized spacial score (nSPS) is 15.2. The van der Waals surface area contributed by atoms with Crippen LogP contribution in [0.15, 0.2) is 36.4 Å². The molecule has 0 spiro atoms. The van der Waals surface area contributed by atoms with Gasteiger partial charge in [0.2, 0.25) is 5.79 Å². The van der Waals surface area contributed by atoms with E-state index < -0.39 is 5.79 Å². The zero-order valence-corrected chi connectivity index (χ0v) is 16.4. The Balaban J connectivity index is 1.89. The van der Waals surface area contributed by atoms with E-state index in [9.17, 15) is 4.79 Å². The van der Waals surface area contributed by atoms with Gasteiger partial charge in [0.1, 0.15) is 5.75 Å². The second-order valence-electron chi connectivity index (χ2n) is 6.87. The number of carbonyl (C=O) groups excluding carboxylic acids is 1. The quantitative estimate of drug-likeness (QED) is 0.549. The molecule has 26 heavy (non-hydrogen) atoms. The van der Waals surface area contributed by atoms with Gasteiger partial charge in [-0.2, -0.15) is 0 Å². The highest BCUT2D eigenvalue weighted by Crippen LogP contribution is 2.39. The van der Waals surface area contributed by atoms with Crippen LogP contribution in [0.5, 0.6) is 5.75 Å². The van der Waals surface area contributed by atoms with Crippen molar-refractivity contribution in [1.82, 2.24) is 0 Å². The molecule has 0 aliphatic carbocycles. The fraction of sp³-hybridized carbons (Fsp3) is 0.409. The Hall–Kier alpha value is -1.84. The minimum Gasteiger partial charge on any atom is -0.462 e. The summed E-state index contributed by atoms with van der Waals surface area (Å²) in [6, 6.07) is 11.7. The lowest BCUT2D eigenvalue weighted by Crippen LogP contribution is -2.41. The van der Waals surface area contributed by atoms with Crippen LogP contribution in [0.25, 0.3) is 11.1 Å². The van der Waals surface area contributed by atoms with Crippen molar-refractivity contribution in [2.45, 2.75) is 58.8 Å². The molecule has 2 aromatic carbocycles. The summed E-state index contributed by atoms with van der Waals surface area (Å²) >= 11 is 6.25. The van der Waals surface area contributed by atoms with Gasteiger partial charge in [-0.1, -0.05) is 37.6 Å². The van der Waals surface area contributed by atoms with E-state index in [4.69, 9.17) is 21.1 Å². The van der Waals surface area contributed by atoms with Gasteiger partial charge in [-0.15, -0.1) is 0 Å². The standard InChI is InChI=1S/C22H25ClO3/c1-4-10-22(11-5-2)25-14-18-12-16(7-9-21(18)26-22)17-6-8-19(15(3)24)20(23)13-17/h6-9,12-13H,4-5,10-11,14H2,1-3H3. The van der Waals surface area contributed by atoms with Gasteiger partial charge < -0.3 is 9.47 Å². The van der Waals surface area contributed by atoms with Gasteiger partial charge >= 0.3 is 0 Å². The molecule has 0 fully saturated rings. The molecule has 0 saturated carbocycles. The average Bonchev–Trinajstić information content (AvgIpc) is 2.61. The predicted molar refractivity (Wildman–Crippen MR) is 105 cm³/mol. The average molecular weight is 373 g/mol. The van der Waals surface area contributed by atoms with Gasteiger partial charge in [0.15, 0.2) is 5.78 Å². The summed E-state index contributed by atoms with van der Waals surface area (Å²) in [6.07, 6.45) is 3.83. The number of hydrogen-bond donors (Lipinski definition) is 0. The largest absolute Gasteiger partial charge is 0.462 e. The molecule has 4 heteroatoms. The van der Waals surface area contributed by atoms with Crippen LogP contribution in [0.4, 0.5) is 0 Å². The van der Waals surface area contributed by atoms with Crippen LogP contribution < -0.4 is 4.74 Å². The highest BCUT2D eigenvalue weighted by molar-refractivity contribution is 6.34. The molecule has 0 amide bonds. The molecule has 0 aromatic heterocycles. The summed E-state index contributed by atoms with van der Waals surface area (Å²) < 4.78 is 12.4. The number of fused-ring (bicyclic) bond motifs is 1. The Kier molecular flexibility index (Phi) is 5.69. The van der Waals surface area contributed by atoms with Gasteiger partial charge in [0.05, 0.1) is 11.6 Å². The van der Waals surface area contributed by atoms with Crippen molar-refractivity contribution in [3.8, 4) is 16.9 Å². The van der Waals surface area contributed by atoms with E-state index in [1.807, 2.05) is 24.3 Å². The highest BCUT2D eigenvalue weighted by atomic mass is 35.5. The third-order valence-corrected chi connectivity index (χ3v) is 5.10. The van der Waals surface area contributed by atoms with Crippen molar-refractivity contribution in [1.29, 1.82) is 0 Å². The lowest BCUT2D eigenvalue weighted by molar-refractivity contribution is -0.214. The molecule has 0 N–H and O–H groups in total. The molecule has 138 valence electrons. The number of halogens is 1. The van der Waals surface area contributed by atoms with Gasteiger partial charge in [-0.25, -0.2) is 0 Å². The number of benzene rings is 2. The first-order valence-corrected chi connectivity index (χ1v) is 9.62. The van der Waals surface area contributed by atoms with Crippen molar-refractivity contribution >= 4 is 17.4 Å². The van der Waals surface area contributed by atoms with E-state index >= 15 is 0 Å². The maximum atomic E-state index is 11.6. The first kappa shape index (κ1) is 18.9. The molecule has 0 saturated heterocycles. The minimum atomic E-state index is -0.496. The van der Waals surface area contributed by atoms with Gasteiger partial charge in [0.25, 0.3) is 0 Å². The van der Waals surface area contributed by atoms with Crippen LogP contribution in [-0.4, -0.2) is 11.6 Å². The number of ketones is 1. The number of hydrogen-bond acceptors (Lipinski definition) is 3. The Bertz CT molecular complexity index is 807. The summed E-state index contributed by atoms with van der Waals surface area (Å²) in [5, 5.41) is 0.477. The zero-order chi connectivity index (χ0) is 18.7. The van der Waals surface area contributed by atoms with E-state index in [0.29, 0.717) is 17.2 Å². The van der Waals surface area contributed by atoms with Crippen molar-refractivity contribution in [2.75, 3.05) is 0 Å². The highest BCUT2D eigenvalue weighted by Gasteiger charge is 2.36. The molecule has 1 aliphatic rings. The Labute approximate surface area is 160 Å². The maximum Gasteiger partial charge on any atom is 0.210 e. The Morgan fingerprint density at radius 3 is 2.35 bits per heavy atom. The Morgan fingerprint density at radius 2 is 1.73 bits per heavy atom. The topological polar surface area (TPSA) is 35.5 Å². The molecule has 1 heterocycles. The third-order valence-electron chi connectivity index (χ3n) is 4.79. The molecule has 0 unspecified atom stereocenters. The molecular weight excluding hydrogens is 348 g/mol. The molecule has 1 aliphatic heterocycles. The van der Waals surface area contributed by atoms with Crippen LogP contribution in [0.3, 0.4) is 0 Å². The summed E-state index contributed by atoms with van der Waals surface area (Å²) in [7, 11) is 0. The third kappa shape index (κ3) is 3.79. The maximum absolute atomic E-state index is 11.6. The minimum absolute atomic E-state index is 0.0306. The molecular formula is C22H25ClO3. The SMILES string of the molecule is CCCC1(CCC)OCc2cc(-c3ccc(C(C)=O)c(Cl)c3)ccc2O1. The van der Waals surface area contributed by atoms with Crippen molar-refractivity contribution in [2.24, 2.45) is 0 Å². The van der Waals surface area contributed by atoms with Crippen LogP contribution in [0, 0.1) is 0 Å². The number of rotatable bonds is 6. The molecule has 3 rings (SSSR count). The lowest BCUT2D eigenvalue weighted by atomic mass is 9.98. The lowest BCUT2D eigenvalue weighted by Gasteiger charge is -2.38. The van der Waals surface area contributed by atoms with E-state index in [-0.39, 0.29) is 5.78 Å². The van der Waals surface area contributed by atoms with E-state index in [1.54, 1.807) is 6.07 Å². The first-order valence-electron chi connectivity index (χ1n) is 9.25. The molecule has 0 bridgehead atoms. The summed E-state index contributed by atoms with van der Waals surface area (Å²) in [4.78, 5) is 11.6. The summed E-state index contributed by atoms with van der Waals surface area (Å²) in [5.74, 6) is 0.370. The van der Waals surface area contributed by atoms with E-state index in [0.717, 1.165) is 48.1 Å².